The van der Waals surface area contributed by atoms with E-state index in [0.717, 1.165) is 6.42 Å². The van der Waals surface area contributed by atoms with Gasteiger partial charge in [-0.2, -0.15) is 0 Å². The molecule has 2 rings (SSSR count). The van der Waals surface area contributed by atoms with E-state index >= 15 is 0 Å². The van der Waals surface area contributed by atoms with E-state index in [1.165, 1.54) is 4.90 Å². The zero-order chi connectivity index (χ0) is 15.8. The van der Waals surface area contributed by atoms with Crippen molar-refractivity contribution in [2.24, 2.45) is 11.8 Å². The lowest BCUT2D eigenvalue weighted by atomic mass is 9.96. The lowest BCUT2D eigenvalue weighted by molar-refractivity contribution is -0.323. The Morgan fingerprint density at radius 2 is 2.05 bits per heavy atom. The molecule has 0 radical (unpaired) electrons. The van der Waals surface area contributed by atoms with E-state index < -0.39 is 24.1 Å². The summed E-state index contributed by atoms with van der Waals surface area (Å²) in [5.41, 5.74) is 0. The lowest BCUT2D eigenvalue weighted by Gasteiger charge is -2.43. The maximum absolute atomic E-state index is 12.0. The molecule has 0 spiro atoms. The fraction of sp³-hybridized carbons (Fsp3) is 0.929. The minimum absolute atomic E-state index is 0.0921. The molecule has 0 aromatic rings. The van der Waals surface area contributed by atoms with Gasteiger partial charge >= 0.3 is 0 Å². The molecule has 0 bridgehead atoms. The third-order valence-corrected chi connectivity index (χ3v) is 4.20. The molecule has 0 aliphatic carbocycles. The van der Waals surface area contributed by atoms with Gasteiger partial charge in [0.05, 0.1) is 13.2 Å². The summed E-state index contributed by atoms with van der Waals surface area (Å²) in [6, 6.07) is 0. The maximum Gasteiger partial charge on any atom is 0.223 e. The van der Waals surface area contributed by atoms with Gasteiger partial charge in [0.25, 0.3) is 0 Å². The number of hydrogen-bond acceptors (Lipinski definition) is 6. The first-order valence-electron chi connectivity index (χ1n) is 7.41. The molecule has 0 aromatic carbocycles. The molecule has 2 aliphatic heterocycles. The highest BCUT2D eigenvalue weighted by Gasteiger charge is 2.50. The van der Waals surface area contributed by atoms with Crippen molar-refractivity contribution >= 4 is 5.91 Å². The Hall–Kier alpha value is -0.730. The van der Waals surface area contributed by atoms with Crippen molar-refractivity contribution < 1.29 is 30.0 Å². The minimum Gasteiger partial charge on any atom is -0.388 e. The number of carbonyl (C=O) groups excluding carboxylic acids is 1. The number of rotatable bonds is 4. The van der Waals surface area contributed by atoms with Crippen LogP contribution in [0.25, 0.3) is 0 Å². The van der Waals surface area contributed by atoms with E-state index in [4.69, 9.17) is 4.74 Å². The molecule has 0 aromatic heterocycles. The highest BCUT2D eigenvalue weighted by atomic mass is 16.6. The summed E-state index contributed by atoms with van der Waals surface area (Å²) < 4.78 is 5.09. The number of aliphatic hydroxyl groups is 4. The van der Waals surface area contributed by atoms with Crippen molar-refractivity contribution in [3.05, 3.63) is 0 Å². The largest absolute Gasteiger partial charge is 0.388 e. The van der Waals surface area contributed by atoms with E-state index in [-0.39, 0.29) is 25.0 Å². The predicted octanol–water partition coefficient (Wildman–Crippen LogP) is -1.32. The summed E-state index contributed by atoms with van der Waals surface area (Å²) in [5, 5.41) is 39.3. The van der Waals surface area contributed by atoms with Crippen LogP contribution in [0.3, 0.4) is 0 Å². The van der Waals surface area contributed by atoms with E-state index in [0.29, 0.717) is 18.9 Å². The highest BCUT2D eigenvalue weighted by Crippen LogP contribution is 2.29. The third kappa shape index (κ3) is 3.54. The van der Waals surface area contributed by atoms with Gasteiger partial charge in [0.2, 0.25) is 11.7 Å². The number of amides is 1. The van der Waals surface area contributed by atoms with Crippen LogP contribution in [-0.4, -0.2) is 75.0 Å². The Bertz CT molecular complexity index is 390. The maximum atomic E-state index is 12.0. The SMILES string of the molecule is CC(C)CC1CC(=O)N(CC2(O)OCC(O)C(O)C2O)C1. The second-order valence-corrected chi connectivity index (χ2v) is 6.63. The lowest BCUT2D eigenvalue weighted by Crippen LogP contribution is -2.64. The van der Waals surface area contributed by atoms with Gasteiger partial charge in [0.1, 0.15) is 18.3 Å². The van der Waals surface area contributed by atoms with Gasteiger partial charge in [-0.15, -0.1) is 0 Å². The molecule has 2 heterocycles. The van der Waals surface area contributed by atoms with Crippen LogP contribution in [0, 0.1) is 11.8 Å². The quantitative estimate of drug-likeness (QED) is 0.513. The molecule has 5 unspecified atom stereocenters. The second kappa shape index (κ2) is 6.18. The van der Waals surface area contributed by atoms with Crippen molar-refractivity contribution in [3.63, 3.8) is 0 Å². The van der Waals surface area contributed by atoms with Gasteiger partial charge in [-0.1, -0.05) is 13.8 Å². The third-order valence-electron chi connectivity index (χ3n) is 4.20. The van der Waals surface area contributed by atoms with Gasteiger partial charge < -0.3 is 30.1 Å². The van der Waals surface area contributed by atoms with Crippen molar-refractivity contribution in [1.29, 1.82) is 0 Å². The molecule has 2 fully saturated rings. The Morgan fingerprint density at radius 3 is 2.67 bits per heavy atom. The van der Waals surface area contributed by atoms with E-state index in [2.05, 4.69) is 13.8 Å². The Labute approximate surface area is 124 Å². The van der Waals surface area contributed by atoms with Crippen LogP contribution in [-0.2, 0) is 9.53 Å². The number of β-amino-alcohol motifs (C(OH)–C–C–N with tert-alkyl or cyclic N) is 1. The zero-order valence-electron chi connectivity index (χ0n) is 12.5. The van der Waals surface area contributed by atoms with Crippen LogP contribution < -0.4 is 0 Å². The van der Waals surface area contributed by atoms with Crippen molar-refractivity contribution in [1.82, 2.24) is 4.90 Å². The predicted molar refractivity (Wildman–Crippen MR) is 73.1 cm³/mol. The van der Waals surface area contributed by atoms with Crippen LogP contribution in [0.2, 0.25) is 0 Å². The first-order chi connectivity index (χ1) is 9.73. The second-order valence-electron chi connectivity index (χ2n) is 6.63. The van der Waals surface area contributed by atoms with Crippen LogP contribution in [0.15, 0.2) is 0 Å². The first-order valence-corrected chi connectivity index (χ1v) is 7.41. The molecule has 7 nitrogen and oxygen atoms in total. The van der Waals surface area contributed by atoms with E-state index in [1.807, 2.05) is 0 Å². The topological polar surface area (TPSA) is 110 Å². The standard InChI is InChI=1S/C14H25NO6/c1-8(2)3-9-4-11(17)15(5-9)7-14(20)13(19)12(18)10(16)6-21-14/h8-10,12-13,16,18-20H,3-7H2,1-2H3. The summed E-state index contributed by atoms with van der Waals surface area (Å²) in [7, 11) is 0. The van der Waals surface area contributed by atoms with Gasteiger partial charge in [0, 0.05) is 13.0 Å². The summed E-state index contributed by atoms with van der Waals surface area (Å²) in [5.74, 6) is -1.41. The molecule has 7 heteroatoms. The highest BCUT2D eigenvalue weighted by molar-refractivity contribution is 5.78. The van der Waals surface area contributed by atoms with Gasteiger partial charge in [0.15, 0.2) is 0 Å². The molecule has 0 saturated carbocycles. The van der Waals surface area contributed by atoms with Crippen molar-refractivity contribution in [2.75, 3.05) is 19.7 Å². The van der Waals surface area contributed by atoms with E-state index in [9.17, 15) is 25.2 Å². The smallest absolute Gasteiger partial charge is 0.223 e. The molecule has 4 N–H and O–H groups in total. The number of carbonyl (C=O) groups is 1. The van der Waals surface area contributed by atoms with Crippen LogP contribution >= 0.6 is 0 Å². The number of aliphatic hydroxyl groups excluding tert-OH is 3. The van der Waals surface area contributed by atoms with Crippen molar-refractivity contribution in [3.8, 4) is 0 Å². The zero-order valence-corrected chi connectivity index (χ0v) is 12.5. The molecule has 122 valence electrons. The number of hydrogen-bond donors (Lipinski definition) is 4. The van der Waals surface area contributed by atoms with Crippen LogP contribution in [0.1, 0.15) is 26.7 Å². The van der Waals surface area contributed by atoms with Crippen LogP contribution in [0.5, 0.6) is 0 Å². The fourth-order valence-electron chi connectivity index (χ4n) is 3.13. The molecular formula is C14H25NO6. The molecule has 2 saturated heterocycles. The first kappa shape index (κ1) is 16.6. The Kier molecular flexibility index (Phi) is 4.89. The van der Waals surface area contributed by atoms with Crippen LogP contribution in [0.4, 0.5) is 0 Å². The summed E-state index contributed by atoms with van der Waals surface area (Å²) in [4.78, 5) is 13.5. The summed E-state index contributed by atoms with van der Waals surface area (Å²) >= 11 is 0. The number of likely N-dealkylation sites (tertiary alicyclic amines) is 1. The molecule has 21 heavy (non-hydrogen) atoms. The normalized spacial score (nSPS) is 41.1. The fourth-order valence-corrected chi connectivity index (χ4v) is 3.13. The molecule has 5 atom stereocenters. The monoisotopic (exact) mass is 303 g/mol. The Balaban J connectivity index is 1.99. The molecular weight excluding hydrogens is 278 g/mol. The van der Waals surface area contributed by atoms with Crippen molar-refractivity contribution in [2.45, 2.75) is 50.8 Å². The number of ether oxygens (including phenoxy) is 1. The average molecular weight is 303 g/mol. The summed E-state index contributed by atoms with van der Waals surface area (Å²) in [6.07, 6.45) is -3.05. The molecule has 1 amide bonds. The average Bonchev–Trinajstić information content (AvgIpc) is 2.71. The minimum atomic E-state index is -2.04. The van der Waals surface area contributed by atoms with E-state index in [1.54, 1.807) is 0 Å². The Morgan fingerprint density at radius 1 is 1.38 bits per heavy atom. The number of nitrogens with zero attached hydrogens (tertiary/aromatic N) is 1. The van der Waals surface area contributed by atoms with Gasteiger partial charge in [-0.3, -0.25) is 4.79 Å². The van der Waals surface area contributed by atoms with Gasteiger partial charge in [-0.25, -0.2) is 0 Å². The molecule has 2 aliphatic rings. The van der Waals surface area contributed by atoms with Gasteiger partial charge in [-0.05, 0) is 18.3 Å². The summed E-state index contributed by atoms with van der Waals surface area (Å²) in [6.45, 7) is 4.20.